The van der Waals surface area contributed by atoms with Crippen LogP contribution in [0.15, 0.2) is 0 Å². The third-order valence-corrected chi connectivity index (χ3v) is 1.65. The minimum atomic E-state index is -1.62. The fourth-order valence-electron chi connectivity index (χ4n) is 1.02. The quantitative estimate of drug-likeness (QED) is 0.256. The summed E-state index contributed by atoms with van der Waals surface area (Å²) in [6.07, 6.45) is -3.60. The number of nitrogens with one attached hydrogen (secondary N) is 1. The summed E-state index contributed by atoms with van der Waals surface area (Å²) in [7, 11) is 0. The minimum absolute atomic E-state index is 0.198. The molecule has 0 amide bonds. The van der Waals surface area contributed by atoms with E-state index in [0.717, 1.165) is 0 Å². The van der Waals surface area contributed by atoms with Crippen LogP contribution in [0.1, 0.15) is 0 Å². The summed E-state index contributed by atoms with van der Waals surface area (Å²) >= 11 is 0. The van der Waals surface area contributed by atoms with Crippen LogP contribution in [0, 0.1) is 0 Å². The molecule has 0 aliphatic carbocycles. The van der Waals surface area contributed by atoms with Crippen LogP contribution in [-0.4, -0.2) is 51.5 Å². The standard InChI is InChI=1S/C5H11NO4/c7-2-1-6-3(4(2)8)5(9)10/h2-10H,1H2. The lowest BCUT2D eigenvalue weighted by Crippen LogP contribution is -2.42. The van der Waals surface area contributed by atoms with Crippen LogP contribution >= 0.6 is 0 Å². The number of aliphatic hydroxyl groups excluding tert-OH is 3. The predicted molar refractivity (Wildman–Crippen MR) is 32.0 cm³/mol. The fourth-order valence-corrected chi connectivity index (χ4v) is 1.02. The highest BCUT2D eigenvalue weighted by molar-refractivity contribution is 4.91. The van der Waals surface area contributed by atoms with Crippen LogP contribution in [0.5, 0.6) is 0 Å². The Bertz CT molecular complexity index is 118. The van der Waals surface area contributed by atoms with Crippen molar-refractivity contribution in [3.63, 3.8) is 0 Å². The van der Waals surface area contributed by atoms with Gasteiger partial charge in [-0.2, -0.15) is 0 Å². The van der Waals surface area contributed by atoms with Crippen LogP contribution in [0.3, 0.4) is 0 Å². The van der Waals surface area contributed by atoms with Crippen molar-refractivity contribution in [3.05, 3.63) is 0 Å². The molecule has 0 aromatic rings. The molecule has 0 aromatic heterocycles. The molecule has 1 aliphatic rings. The van der Waals surface area contributed by atoms with Gasteiger partial charge in [0.2, 0.25) is 0 Å². The van der Waals surface area contributed by atoms with Crippen molar-refractivity contribution < 1.29 is 20.4 Å². The molecule has 3 atom stereocenters. The average molecular weight is 149 g/mol. The summed E-state index contributed by atoms with van der Waals surface area (Å²) in [5.41, 5.74) is 0. The molecule has 5 nitrogen and oxygen atoms in total. The third-order valence-electron chi connectivity index (χ3n) is 1.65. The molecule has 3 unspecified atom stereocenters. The monoisotopic (exact) mass is 149 g/mol. The summed E-state index contributed by atoms with van der Waals surface area (Å²) in [5, 5.41) is 37.6. The largest absolute Gasteiger partial charge is 0.389 e. The van der Waals surface area contributed by atoms with Crippen molar-refractivity contribution in [2.24, 2.45) is 0 Å². The molecule has 1 fully saturated rings. The van der Waals surface area contributed by atoms with Crippen molar-refractivity contribution in [2.45, 2.75) is 24.5 Å². The van der Waals surface area contributed by atoms with E-state index in [2.05, 4.69) is 5.32 Å². The van der Waals surface area contributed by atoms with Crippen LogP contribution in [0.2, 0.25) is 0 Å². The normalized spacial score (nSPS) is 41.1. The first-order valence-electron chi connectivity index (χ1n) is 3.08. The van der Waals surface area contributed by atoms with Crippen LogP contribution in [-0.2, 0) is 0 Å². The Morgan fingerprint density at radius 1 is 1.30 bits per heavy atom. The summed E-state index contributed by atoms with van der Waals surface area (Å²) < 4.78 is 0. The number of hydrogen-bond donors (Lipinski definition) is 5. The highest BCUT2D eigenvalue weighted by Gasteiger charge is 2.36. The maximum atomic E-state index is 9.00. The van der Waals surface area contributed by atoms with Crippen molar-refractivity contribution >= 4 is 0 Å². The van der Waals surface area contributed by atoms with Gasteiger partial charge < -0.3 is 25.7 Å². The van der Waals surface area contributed by atoms with Crippen molar-refractivity contribution in [3.8, 4) is 0 Å². The average Bonchev–Trinajstić information content (AvgIpc) is 2.14. The molecule has 0 bridgehead atoms. The SMILES string of the molecule is OC(O)C1NCC(O)C1O. The van der Waals surface area contributed by atoms with Gasteiger partial charge in [-0.15, -0.1) is 0 Å². The van der Waals surface area contributed by atoms with Gasteiger partial charge in [0.15, 0.2) is 6.29 Å². The summed E-state index contributed by atoms with van der Waals surface area (Å²) in [6, 6.07) is -0.824. The fraction of sp³-hybridized carbons (Fsp3) is 1.00. The minimum Gasteiger partial charge on any atom is -0.389 e. The first-order valence-corrected chi connectivity index (χ1v) is 3.08. The van der Waals surface area contributed by atoms with Crippen molar-refractivity contribution in [1.82, 2.24) is 5.32 Å². The molecule has 0 spiro atoms. The Kier molecular flexibility index (Phi) is 2.22. The lowest BCUT2D eigenvalue weighted by molar-refractivity contribution is -0.0954. The molecule has 0 saturated carbocycles. The molecule has 5 N–H and O–H groups in total. The molecule has 0 aromatic carbocycles. The zero-order valence-electron chi connectivity index (χ0n) is 5.31. The molecule has 0 radical (unpaired) electrons. The van der Waals surface area contributed by atoms with Gasteiger partial charge in [-0.25, -0.2) is 0 Å². The molecular formula is C5H11NO4. The first-order chi connectivity index (χ1) is 4.63. The number of hydrogen-bond acceptors (Lipinski definition) is 5. The van der Waals surface area contributed by atoms with Gasteiger partial charge in [0.1, 0.15) is 6.10 Å². The third kappa shape index (κ3) is 1.28. The Morgan fingerprint density at radius 2 is 1.90 bits per heavy atom. The lowest BCUT2D eigenvalue weighted by atomic mass is 10.1. The van der Waals surface area contributed by atoms with E-state index in [-0.39, 0.29) is 6.54 Å². The zero-order valence-corrected chi connectivity index (χ0v) is 5.31. The van der Waals surface area contributed by atoms with E-state index in [9.17, 15) is 0 Å². The molecule has 1 rings (SSSR count). The molecule has 1 saturated heterocycles. The zero-order chi connectivity index (χ0) is 7.72. The Labute approximate surface area is 57.9 Å². The summed E-state index contributed by atoms with van der Waals surface area (Å²) in [5.74, 6) is 0. The van der Waals surface area contributed by atoms with Crippen LogP contribution in [0.4, 0.5) is 0 Å². The van der Waals surface area contributed by atoms with Gasteiger partial charge in [-0.3, -0.25) is 0 Å². The molecule has 60 valence electrons. The van der Waals surface area contributed by atoms with Gasteiger partial charge in [0, 0.05) is 6.54 Å². The van der Waals surface area contributed by atoms with E-state index < -0.39 is 24.5 Å². The molecule has 10 heavy (non-hydrogen) atoms. The second-order valence-electron chi connectivity index (χ2n) is 2.41. The van der Waals surface area contributed by atoms with Gasteiger partial charge in [-0.1, -0.05) is 0 Å². The van der Waals surface area contributed by atoms with Gasteiger partial charge in [-0.05, 0) is 0 Å². The van der Waals surface area contributed by atoms with Crippen LogP contribution < -0.4 is 5.32 Å². The van der Waals surface area contributed by atoms with Crippen LogP contribution in [0.25, 0.3) is 0 Å². The number of rotatable bonds is 1. The predicted octanol–water partition coefficient (Wildman–Crippen LogP) is -3.01. The molecule has 5 heteroatoms. The topological polar surface area (TPSA) is 93.0 Å². The van der Waals surface area contributed by atoms with E-state index >= 15 is 0 Å². The molecule has 1 aliphatic heterocycles. The van der Waals surface area contributed by atoms with E-state index in [0.29, 0.717) is 0 Å². The second-order valence-corrected chi connectivity index (χ2v) is 2.41. The van der Waals surface area contributed by atoms with E-state index in [1.165, 1.54) is 0 Å². The smallest absolute Gasteiger partial charge is 0.169 e. The Hall–Kier alpha value is -0.200. The van der Waals surface area contributed by atoms with Crippen molar-refractivity contribution in [1.29, 1.82) is 0 Å². The van der Waals surface area contributed by atoms with Crippen molar-refractivity contribution in [2.75, 3.05) is 6.54 Å². The van der Waals surface area contributed by atoms with Gasteiger partial charge in [0.05, 0.1) is 12.1 Å². The maximum absolute atomic E-state index is 9.00. The molecular weight excluding hydrogens is 138 g/mol. The summed E-state index contributed by atoms with van der Waals surface area (Å²) in [6.45, 7) is 0.198. The second kappa shape index (κ2) is 2.81. The number of β-amino-alcohol motifs (C(OH)–C–C–N with tert-alkyl or cyclic N) is 1. The van der Waals surface area contributed by atoms with Gasteiger partial charge in [0.25, 0.3) is 0 Å². The molecule has 1 heterocycles. The lowest BCUT2D eigenvalue weighted by Gasteiger charge is -2.16. The van der Waals surface area contributed by atoms with E-state index in [1.54, 1.807) is 0 Å². The Balaban J connectivity index is 2.49. The van der Waals surface area contributed by atoms with Gasteiger partial charge >= 0.3 is 0 Å². The van der Waals surface area contributed by atoms with E-state index in [4.69, 9.17) is 20.4 Å². The highest BCUT2D eigenvalue weighted by Crippen LogP contribution is 2.09. The van der Waals surface area contributed by atoms with E-state index in [1.807, 2.05) is 0 Å². The summed E-state index contributed by atoms with van der Waals surface area (Å²) in [4.78, 5) is 0. The number of aliphatic hydroxyl groups is 4. The maximum Gasteiger partial charge on any atom is 0.169 e. The highest BCUT2D eigenvalue weighted by atomic mass is 16.5. The first kappa shape index (κ1) is 7.90. The Morgan fingerprint density at radius 3 is 2.10 bits per heavy atom.